The first kappa shape index (κ1) is 17.9. The number of rotatable bonds is 5. The van der Waals surface area contributed by atoms with Crippen molar-refractivity contribution in [3.63, 3.8) is 0 Å². The summed E-state index contributed by atoms with van der Waals surface area (Å²) in [5.41, 5.74) is 2.67. The maximum absolute atomic E-state index is 12.1. The standard InChI is InChI=1S/C18H15Cl2N3OS/c1-23-16(12-5-7-13(19)8-6-12)10-21-18(23)25-11-17(24)22-15-4-2-3-14(20)9-15/h2-10H,11H2,1H3,(H,22,24). The molecule has 0 aliphatic rings. The second-order valence-electron chi connectivity index (χ2n) is 5.34. The summed E-state index contributed by atoms with van der Waals surface area (Å²) in [5, 5.41) is 4.87. The number of halogens is 2. The number of nitrogens with one attached hydrogen (secondary N) is 1. The lowest BCUT2D eigenvalue weighted by Gasteiger charge is -2.07. The monoisotopic (exact) mass is 391 g/mol. The first-order valence-electron chi connectivity index (χ1n) is 7.49. The van der Waals surface area contributed by atoms with Crippen LogP contribution in [0.1, 0.15) is 0 Å². The quantitative estimate of drug-likeness (QED) is 0.613. The minimum Gasteiger partial charge on any atom is -0.325 e. The van der Waals surface area contributed by atoms with Crippen molar-refractivity contribution in [2.75, 3.05) is 11.1 Å². The summed E-state index contributed by atoms with van der Waals surface area (Å²) in [7, 11) is 1.92. The molecule has 0 atom stereocenters. The average Bonchev–Trinajstić information content (AvgIpc) is 2.94. The van der Waals surface area contributed by atoms with E-state index in [9.17, 15) is 4.79 Å². The van der Waals surface area contributed by atoms with Crippen LogP contribution in [0, 0.1) is 0 Å². The highest BCUT2D eigenvalue weighted by atomic mass is 35.5. The van der Waals surface area contributed by atoms with Gasteiger partial charge in [-0.2, -0.15) is 0 Å². The smallest absolute Gasteiger partial charge is 0.234 e. The summed E-state index contributed by atoms with van der Waals surface area (Å²) < 4.78 is 1.96. The number of thioether (sulfide) groups is 1. The Morgan fingerprint density at radius 3 is 2.64 bits per heavy atom. The first-order chi connectivity index (χ1) is 12.0. The van der Waals surface area contributed by atoms with Crippen LogP contribution in [-0.4, -0.2) is 21.2 Å². The van der Waals surface area contributed by atoms with Crippen LogP contribution >= 0.6 is 35.0 Å². The van der Waals surface area contributed by atoms with Gasteiger partial charge in [0.15, 0.2) is 5.16 Å². The van der Waals surface area contributed by atoms with E-state index in [0.29, 0.717) is 15.7 Å². The molecule has 0 saturated heterocycles. The van der Waals surface area contributed by atoms with Crippen LogP contribution < -0.4 is 5.32 Å². The van der Waals surface area contributed by atoms with E-state index >= 15 is 0 Å². The summed E-state index contributed by atoms with van der Waals surface area (Å²) in [5.74, 6) is 0.153. The lowest BCUT2D eigenvalue weighted by Crippen LogP contribution is -2.14. The van der Waals surface area contributed by atoms with Gasteiger partial charge in [0.05, 0.1) is 17.6 Å². The van der Waals surface area contributed by atoms with Gasteiger partial charge in [-0.1, -0.05) is 53.2 Å². The Balaban J connectivity index is 1.64. The van der Waals surface area contributed by atoms with E-state index in [4.69, 9.17) is 23.2 Å². The van der Waals surface area contributed by atoms with Gasteiger partial charge in [0.1, 0.15) is 0 Å². The van der Waals surface area contributed by atoms with Gasteiger partial charge in [-0.15, -0.1) is 0 Å². The van der Waals surface area contributed by atoms with Crippen LogP contribution in [0.5, 0.6) is 0 Å². The number of carbonyl (C=O) groups excluding carboxylic acids is 1. The Kier molecular flexibility index (Phi) is 5.68. The molecule has 1 N–H and O–H groups in total. The van der Waals surface area contributed by atoms with E-state index in [-0.39, 0.29) is 11.7 Å². The van der Waals surface area contributed by atoms with E-state index in [0.717, 1.165) is 16.4 Å². The molecule has 0 bridgehead atoms. The molecule has 0 aliphatic heterocycles. The van der Waals surface area contributed by atoms with Crippen LogP contribution in [0.15, 0.2) is 59.9 Å². The van der Waals surface area contributed by atoms with Gasteiger partial charge < -0.3 is 9.88 Å². The van der Waals surface area contributed by atoms with Crippen molar-refractivity contribution in [3.8, 4) is 11.3 Å². The maximum atomic E-state index is 12.1. The highest BCUT2D eigenvalue weighted by Gasteiger charge is 2.11. The van der Waals surface area contributed by atoms with Crippen molar-refractivity contribution in [2.24, 2.45) is 7.05 Å². The number of carbonyl (C=O) groups is 1. The second-order valence-corrected chi connectivity index (χ2v) is 7.15. The lowest BCUT2D eigenvalue weighted by molar-refractivity contribution is -0.113. The molecule has 3 rings (SSSR count). The number of anilines is 1. The summed E-state index contributed by atoms with van der Waals surface area (Å²) in [6.45, 7) is 0. The third-order valence-electron chi connectivity index (χ3n) is 3.53. The molecule has 0 radical (unpaired) electrons. The topological polar surface area (TPSA) is 46.9 Å². The molecule has 1 heterocycles. The van der Waals surface area contributed by atoms with Crippen LogP contribution in [0.25, 0.3) is 11.3 Å². The SMILES string of the molecule is Cn1c(-c2ccc(Cl)cc2)cnc1SCC(=O)Nc1cccc(Cl)c1. The van der Waals surface area contributed by atoms with Crippen molar-refractivity contribution in [3.05, 3.63) is 64.8 Å². The zero-order valence-corrected chi connectivity index (χ0v) is 15.7. The number of nitrogens with zero attached hydrogens (tertiary/aromatic N) is 2. The molecule has 3 aromatic rings. The first-order valence-corrected chi connectivity index (χ1v) is 9.23. The van der Waals surface area contributed by atoms with Crippen molar-refractivity contribution >= 4 is 46.6 Å². The van der Waals surface area contributed by atoms with Crippen LogP contribution in [-0.2, 0) is 11.8 Å². The Morgan fingerprint density at radius 2 is 1.92 bits per heavy atom. The lowest BCUT2D eigenvalue weighted by atomic mass is 10.2. The molecular formula is C18H15Cl2N3OS. The highest BCUT2D eigenvalue weighted by molar-refractivity contribution is 7.99. The predicted molar refractivity (Wildman–Crippen MR) is 104 cm³/mol. The van der Waals surface area contributed by atoms with Gasteiger partial charge in [0.25, 0.3) is 0 Å². The van der Waals surface area contributed by atoms with Gasteiger partial charge in [-0.3, -0.25) is 4.79 Å². The molecular weight excluding hydrogens is 377 g/mol. The minimum absolute atomic E-state index is 0.108. The normalized spacial score (nSPS) is 10.7. The van der Waals surface area contributed by atoms with E-state index in [1.165, 1.54) is 11.8 Å². The highest BCUT2D eigenvalue weighted by Crippen LogP contribution is 2.26. The van der Waals surface area contributed by atoms with Crippen LogP contribution in [0.2, 0.25) is 10.0 Å². The van der Waals surface area contributed by atoms with Crippen molar-refractivity contribution in [1.82, 2.24) is 9.55 Å². The van der Waals surface area contributed by atoms with E-state index in [1.807, 2.05) is 35.9 Å². The van der Waals surface area contributed by atoms with E-state index in [2.05, 4.69) is 10.3 Å². The molecule has 25 heavy (non-hydrogen) atoms. The number of benzene rings is 2. The van der Waals surface area contributed by atoms with Crippen LogP contribution in [0.3, 0.4) is 0 Å². The van der Waals surface area contributed by atoms with Crippen molar-refractivity contribution in [2.45, 2.75) is 5.16 Å². The maximum Gasteiger partial charge on any atom is 0.234 e. The Hall–Kier alpha value is -1.95. The number of imidazole rings is 1. The number of amides is 1. The van der Waals surface area contributed by atoms with Crippen LogP contribution in [0.4, 0.5) is 5.69 Å². The molecule has 0 fully saturated rings. The number of hydrogen-bond donors (Lipinski definition) is 1. The third-order valence-corrected chi connectivity index (χ3v) is 5.06. The van der Waals surface area contributed by atoms with Gasteiger partial charge in [0, 0.05) is 22.8 Å². The molecule has 0 saturated carbocycles. The van der Waals surface area contributed by atoms with Gasteiger partial charge in [0.2, 0.25) is 5.91 Å². The number of aromatic nitrogens is 2. The molecule has 1 aromatic heterocycles. The Bertz CT molecular complexity index is 894. The fourth-order valence-corrected chi connectivity index (χ4v) is 3.38. The molecule has 128 valence electrons. The molecule has 2 aromatic carbocycles. The largest absolute Gasteiger partial charge is 0.325 e. The zero-order chi connectivity index (χ0) is 17.8. The zero-order valence-electron chi connectivity index (χ0n) is 13.4. The fourth-order valence-electron chi connectivity index (χ4n) is 2.31. The summed E-state index contributed by atoms with van der Waals surface area (Å²) in [4.78, 5) is 16.5. The van der Waals surface area contributed by atoms with Gasteiger partial charge in [-0.05, 0) is 35.9 Å². The second kappa shape index (κ2) is 7.95. The third kappa shape index (κ3) is 4.57. The van der Waals surface area contributed by atoms with Gasteiger partial charge in [-0.25, -0.2) is 4.98 Å². The summed E-state index contributed by atoms with van der Waals surface area (Å²) in [6.07, 6.45) is 1.79. The summed E-state index contributed by atoms with van der Waals surface area (Å²) in [6, 6.07) is 14.6. The Labute approximate surface area is 160 Å². The molecule has 0 spiro atoms. The Morgan fingerprint density at radius 1 is 1.16 bits per heavy atom. The molecule has 1 amide bonds. The van der Waals surface area contributed by atoms with Gasteiger partial charge >= 0.3 is 0 Å². The summed E-state index contributed by atoms with van der Waals surface area (Å²) >= 11 is 13.2. The molecule has 0 unspecified atom stereocenters. The van der Waals surface area contributed by atoms with E-state index in [1.54, 1.807) is 30.5 Å². The average molecular weight is 392 g/mol. The molecule has 0 aliphatic carbocycles. The minimum atomic E-state index is -0.108. The molecule has 4 nitrogen and oxygen atoms in total. The molecule has 7 heteroatoms. The predicted octanol–water partition coefficient (Wildman–Crippen LogP) is 5.12. The van der Waals surface area contributed by atoms with Crippen molar-refractivity contribution in [1.29, 1.82) is 0 Å². The fraction of sp³-hybridized carbons (Fsp3) is 0.111. The van der Waals surface area contributed by atoms with E-state index < -0.39 is 0 Å². The number of hydrogen-bond acceptors (Lipinski definition) is 3. The van der Waals surface area contributed by atoms with Crippen molar-refractivity contribution < 1.29 is 4.79 Å².